The molecule has 0 aliphatic rings. The van der Waals surface area contributed by atoms with E-state index in [1.165, 1.54) is 0 Å². The van der Waals surface area contributed by atoms with Crippen molar-refractivity contribution in [1.82, 2.24) is 0 Å². The summed E-state index contributed by atoms with van der Waals surface area (Å²) in [5, 5.41) is 17.4. The fourth-order valence-electron chi connectivity index (χ4n) is 1.68. The van der Waals surface area contributed by atoms with Crippen molar-refractivity contribution in [3.8, 4) is 6.07 Å². The lowest BCUT2D eigenvalue weighted by Crippen LogP contribution is -2.25. The molecule has 0 bridgehead atoms. The van der Waals surface area contributed by atoms with Gasteiger partial charge in [0.25, 0.3) is 0 Å². The Morgan fingerprint density at radius 2 is 2.05 bits per heavy atom. The molecule has 0 spiro atoms. The lowest BCUT2D eigenvalue weighted by atomic mass is 9.97. The Labute approximate surface area is 117 Å². The van der Waals surface area contributed by atoms with E-state index in [0.29, 0.717) is 11.1 Å². The summed E-state index contributed by atoms with van der Waals surface area (Å²) in [6.45, 7) is 1.17. The molecule has 0 aliphatic carbocycles. The molecule has 0 saturated carbocycles. The van der Waals surface area contributed by atoms with Gasteiger partial charge in [-0.25, -0.2) is 4.79 Å². The number of ether oxygens (including phenoxy) is 1. The highest BCUT2D eigenvalue weighted by Crippen LogP contribution is 2.22. The van der Waals surface area contributed by atoms with Crippen LogP contribution in [0.2, 0.25) is 0 Å². The SMILES string of the molecule is C/C(N)=C(\C(=O)OCCO)C(N)c1ccc(C#N)cc1. The summed E-state index contributed by atoms with van der Waals surface area (Å²) in [5.41, 5.74) is 13.2. The molecule has 0 aliphatic heterocycles. The topological polar surface area (TPSA) is 122 Å². The normalized spacial score (nSPS) is 13.1. The second-order valence-electron chi connectivity index (χ2n) is 4.17. The second-order valence-corrected chi connectivity index (χ2v) is 4.17. The monoisotopic (exact) mass is 275 g/mol. The van der Waals surface area contributed by atoms with Gasteiger partial charge in [-0.2, -0.15) is 5.26 Å². The van der Waals surface area contributed by atoms with E-state index in [2.05, 4.69) is 0 Å². The number of carbonyl (C=O) groups excluding carboxylic acids is 1. The van der Waals surface area contributed by atoms with Crippen LogP contribution in [0.3, 0.4) is 0 Å². The molecule has 5 N–H and O–H groups in total. The lowest BCUT2D eigenvalue weighted by Gasteiger charge is -2.17. The van der Waals surface area contributed by atoms with Gasteiger partial charge in [0.1, 0.15) is 6.61 Å². The molecule has 20 heavy (non-hydrogen) atoms. The Kier molecular flexibility index (Phi) is 5.72. The molecule has 6 nitrogen and oxygen atoms in total. The van der Waals surface area contributed by atoms with E-state index in [4.69, 9.17) is 26.6 Å². The van der Waals surface area contributed by atoms with E-state index in [1.54, 1.807) is 31.2 Å². The summed E-state index contributed by atoms with van der Waals surface area (Å²) >= 11 is 0. The van der Waals surface area contributed by atoms with Crippen LogP contribution in [0.25, 0.3) is 0 Å². The number of rotatable bonds is 5. The van der Waals surface area contributed by atoms with Crippen LogP contribution in [-0.4, -0.2) is 24.3 Å². The van der Waals surface area contributed by atoms with Crippen molar-refractivity contribution in [3.05, 3.63) is 46.7 Å². The van der Waals surface area contributed by atoms with Gasteiger partial charge in [0, 0.05) is 5.70 Å². The fraction of sp³-hybridized carbons (Fsp3) is 0.286. The van der Waals surface area contributed by atoms with Gasteiger partial charge in [0.2, 0.25) is 0 Å². The Morgan fingerprint density at radius 1 is 1.45 bits per heavy atom. The first-order valence-electron chi connectivity index (χ1n) is 6.01. The number of allylic oxidation sites excluding steroid dienone is 1. The number of carbonyl (C=O) groups is 1. The molecule has 106 valence electrons. The number of esters is 1. The summed E-state index contributed by atoms with van der Waals surface area (Å²) in [5.74, 6) is -0.657. The van der Waals surface area contributed by atoms with Gasteiger partial charge in [0.15, 0.2) is 0 Å². The van der Waals surface area contributed by atoms with Gasteiger partial charge in [-0.15, -0.1) is 0 Å². The number of nitriles is 1. The number of aliphatic hydroxyl groups is 1. The quantitative estimate of drug-likeness (QED) is 0.525. The Morgan fingerprint density at radius 3 is 2.50 bits per heavy atom. The Bertz CT molecular complexity index is 540. The molecule has 1 aromatic carbocycles. The molecule has 0 fully saturated rings. The first kappa shape index (κ1) is 15.7. The zero-order valence-corrected chi connectivity index (χ0v) is 11.2. The van der Waals surface area contributed by atoms with Crippen molar-refractivity contribution >= 4 is 5.97 Å². The third-order valence-corrected chi connectivity index (χ3v) is 2.68. The van der Waals surface area contributed by atoms with Gasteiger partial charge >= 0.3 is 5.97 Å². The number of nitrogens with two attached hydrogens (primary N) is 2. The Hall–Kier alpha value is -2.36. The highest BCUT2D eigenvalue weighted by atomic mass is 16.5. The van der Waals surface area contributed by atoms with Crippen molar-refractivity contribution in [2.24, 2.45) is 11.5 Å². The maximum atomic E-state index is 11.9. The second kappa shape index (κ2) is 7.28. The van der Waals surface area contributed by atoms with Gasteiger partial charge in [-0.05, 0) is 24.6 Å². The van der Waals surface area contributed by atoms with Crippen molar-refractivity contribution in [2.45, 2.75) is 13.0 Å². The van der Waals surface area contributed by atoms with E-state index < -0.39 is 12.0 Å². The molecular weight excluding hydrogens is 258 g/mol. The highest BCUT2D eigenvalue weighted by Gasteiger charge is 2.22. The molecule has 1 unspecified atom stereocenters. The average molecular weight is 275 g/mol. The van der Waals surface area contributed by atoms with Gasteiger partial charge in [-0.1, -0.05) is 12.1 Å². The largest absolute Gasteiger partial charge is 0.460 e. The molecule has 1 rings (SSSR count). The van der Waals surface area contributed by atoms with Crippen molar-refractivity contribution < 1.29 is 14.6 Å². The van der Waals surface area contributed by atoms with Crippen LogP contribution in [0.15, 0.2) is 35.5 Å². The van der Waals surface area contributed by atoms with Crippen LogP contribution in [-0.2, 0) is 9.53 Å². The first-order chi connectivity index (χ1) is 9.51. The van der Waals surface area contributed by atoms with E-state index in [1.807, 2.05) is 6.07 Å². The molecule has 1 aromatic rings. The molecule has 1 atom stereocenters. The summed E-state index contributed by atoms with van der Waals surface area (Å²) in [4.78, 5) is 11.9. The predicted molar refractivity (Wildman–Crippen MR) is 73.0 cm³/mol. The number of aliphatic hydroxyl groups excluding tert-OH is 1. The predicted octanol–water partition coefficient (Wildman–Crippen LogP) is 0.326. The van der Waals surface area contributed by atoms with Crippen LogP contribution in [0.1, 0.15) is 24.1 Å². The minimum Gasteiger partial charge on any atom is -0.460 e. The fourth-order valence-corrected chi connectivity index (χ4v) is 1.68. The third kappa shape index (κ3) is 3.82. The summed E-state index contributed by atoms with van der Waals surface area (Å²) in [6.07, 6.45) is 0. The third-order valence-electron chi connectivity index (χ3n) is 2.68. The number of hydrogen-bond acceptors (Lipinski definition) is 6. The lowest BCUT2D eigenvalue weighted by molar-refractivity contribution is -0.140. The van der Waals surface area contributed by atoms with Crippen LogP contribution in [0.4, 0.5) is 0 Å². The first-order valence-corrected chi connectivity index (χ1v) is 6.01. The van der Waals surface area contributed by atoms with E-state index in [9.17, 15) is 4.79 Å². The van der Waals surface area contributed by atoms with Crippen molar-refractivity contribution in [1.29, 1.82) is 5.26 Å². The smallest absolute Gasteiger partial charge is 0.337 e. The number of hydrogen-bond donors (Lipinski definition) is 3. The Balaban J connectivity index is 3.00. The van der Waals surface area contributed by atoms with E-state index in [-0.39, 0.29) is 24.5 Å². The van der Waals surface area contributed by atoms with Crippen molar-refractivity contribution in [2.75, 3.05) is 13.2 Å². The number of benzene rings is 1. The minimum absolute atomic E-state index is 0.115. The van der Waals surface area contributed by atoms with Crippen LogP contribution in [0.5, 0.6) is 0 Å². The van der Waals surface area contributed by atoms with Crippen LogP contribution >= 0.6 is 0 Å². The highest BCUT2D eigenvalue weighted by molar-refractivity contribution is 5.90. The molecule has 0 saturated heterocycles. The van der Waals surface area contributed by atoms with Gasteiger partial charge in [0.05, 0.1) is 29.9 Å². The van der Waals surface area contributed by atoms with Gasteiger partial charge < -0.3 is 21.3 Å². The number of nitrogens with zero attached hydrogens (tertiary/aromatic N) is 1. The van der Waals surface area contributed by atoms with E-state index >= 15 is 0 Å². The molecule has 0 aromatic heterocycles. The minimum atomic E-state index is -0.751. The molecular formula is C14H17N3O3. The molecule has 0 radical (unpaired) electrons. The molecule has 6 heteroatoms. The standard InChI is InChI=1S/C14H17N3O3/c1-9(16)12(14(19)20-7-6-18)13(17)11-4-2-10(8-15)3-5-11/h2-5,13,18H,6-7,16-17H2,1H3/b12-9+. The van der Waals surface area contributed by atoms with Crippen LogP contribution < -0.4 is 11.5 Å². The molecule has 0 amide bonds. The summed E-state index contributed by atoms with van der Waals surface area (Å²) in [7, 11) is 0. The summed E-state index contributed by atoms with van der Waals surface area (Å²) < 4.78 is 4.84. The van der Waals surface area contributed by atoms with Gasteiger partial charge in [-0.3, -0.25) is 0 Å². The van der Waals surface area contributed by atoms with Crippen LogP contribution in [0, 0.1) is 11.3 Å². The van der Waals surface area contributed by atoms with E-state index in [0.717, 1.165) is 0 Å². The average Bonchev–Trinajstić information content (AvgIpc) is 2.44. The zero-order valence-electron chi connectivity index (χ0n) is 11.2. The maximum absolute atomic E-state index is 11.9. The van der Waals surface area contributed by atoms with Crippen molar-refractivity contribution in [3.63, 3.8) is 0 Å². The zero-order chi connectivity index (χ0) is 15.1. The summed E-state index contributed by atoms with van der Waals surface area (Å²) in [6, 6.07) is 7.78. The maximum Gasteiger partial charge on any atom is 0.337 e. The molecule has 0 heterocycles.